The number of nitrogens with zero attached hydrogens (tertiary/aromatic N) is 2. The van der Waals surface area contributed by atoms with Crippen molar-refractivity contribution in [1.82, 2.24) is 19.9 Å². The summed E-state index contributed by atoms with van der Waals surface area (Å²) in [5, 5.41) is 3.95. The highest BCUT2D eigenvalue weighted by molar-refractivity contribution is 7.99. The third kappa shape index (κ3) is 6.83. The topological polar surface area (TPSA) is 147 Å². The van der Waals surface area contributed by atoms with Gasteiger partial charge >= 0.3 is 0 Å². The van der Waals surface area contributed by atoms with Gasteiger partial charge in [-0.3, -0.25) is 19.1 Å². The number of ether oxygens (including phenoxy) is 3. The van der Waals surface area contributed by atoms with Gasteiger partial charge in [-0.25, -0.2) is 4.98 Å². The van der Waals surface area contributed by atoms with Gasteiger partial charge in [0.25, 0.3) is 11.8 Å². The summed E-state index contributed by atoms with van der Waals surface area (Å²) in [4.78, 5) is 48.3. The van der Waals surface area contributed by atoms with Crippen LogP contribution in [0.25, 0.3) is 10.9 Å². The lowest BCUT2D eigenvalue weighted by Gasteiger charge is -2.27. The second kappa shape index (κ2) is 13.1. The fourth-order valence-corrected chi connectivity index (χ4v) is 7.75. The van der Waals surface area contributed by atoms with Gasteiger partial charge in [-0.2, -0.15) is 0 Å². The highest BCUT2D eigenvalue weighted by Crippen LogP contribution is 2.49. The van der Waals surface area contributed by atoms with Crippen LogP contribution in [0.3, 0.4) is 0 Å². The smallest absolute Gasteiger partial charge is 0.281 e. The first kappa shape index (κ1) is 33.0. The van der Waals surface area contributed by atoms with Gasteiger partial charge in [0, 0.05) is 40.5 Å². The first-order chi connectivity index (χ1) is 23.1. The predicted molar refractivity (Wildman–Crippen MR) is 182 cm³/mol. The minimum absolute atomic E-state index is 0.0586. The Labute approximate surface area is 286 Å². The Balaban J connectivity index is 1.16. The molecule has 3 aliphatic carbocycles. The van der Waals surface area contributed by atoms with E-state index in [1.807, 2.05) is 25.1 Å². The summed E-state index contributed by atoms with van der Waals surface area (Å²) in [6.07, 6.45) is 13.3. The molecule has 0 spiro atoms. The molecule has 258 valence electrons. The zero-order chi connectivity index (χ0) is 33.6. The van der Waals surface area contributed by atoms with E-state index in [2.05, 4.69) is 34.8 Å². The molecular weight excluding hydrogens is 630 g/mol. The van der Waals surface area contributed by atoms with Gasteiger partial charge in [0.1, 0.15) is 35.3 Å². The van der Waals surface area contributed by atoms with E-state index >= 15 is 0 Å². The molecule has 2 unspecified atom stereocenters. The maximum atomic E-state index is 14.2. The highest BCUT2D eigenvalue weighted by atomic mass is 32.2. The molecule has 1 saturated heterocycles. The van der Waals surface area contributed by atoms with Crippen LogP contribution in [0.2, 0.25) is 0 Å². The molecule has 4 fully saturated rings. The van der Waals surface area contributed by atoms with Gasteiger partial charge in [0.15, 0.2) is 6.04 Å². The normalized spacial score (nSPS) is 30.6. The number of hydrogen-bond donors (Lipinski definition) is 3. The first-order valence-electron chi connectivity index (χ1n) is 17.5. The number of hydrogen-bond acceptors (Lipinski definition) is 8. The van der Waals surface area contributed by atoms with Crippen LogP contribution in [0.15, 0.2) is 30.4 Å². The molecule has 2 aliphatic heterocycles. The monoisotopic (exact) mass is 678 g/mol. The van der Waals surface area contributed by atoms with E-state index < -0.39 is 23.7 Å². The molecule has 11 nitrogen and oxygen atoms in total. The average Bonchev–Trinajstić information content (AvgIpc) is 4.03. The number of amides is 3. The molecule has 0 bridgehead atoms. The van der Waals surface area contributed by atoms with E-state index in [0.717, 1.165) is 73.6 Å². The van der Waals surface area contributed by atoms with E-state index in [4.69, 9.17) is 19.2 Å². The number of quaternary nitrogens is 1. The number of allylic oxidation sites excluding steroid dienone is 1. The van der Waals surface area contributed by atoms with Crippen molar-refractivity contribution in [3.05, 3.63) is 35.9 Å². The summed E-state index contributed by atoms with van der Waals surface area (Å²) in [7, 11) is 1.63. The van der Waals surface area contributed by atoms with E-state index in [0.29, 0.717) is 24.5 Å². The Morgan fingerprint density at radius 2 is 1.92 bits per heavy atom. The van der Waals surface area contributed by atoms with Gasteiger partial charge in [0.2, 0.25) is 11.8 Å². The van der Waals surface area contributed by atoms with E-state index in [-0.39, 0.29) is 47.5 Å². The quantitative estimate of drug-likeness (QED) is 0.283. The Kier molecular flexibility index (Phi) is 8.99. The van der Waals surface area contributed by atoms with Crippen LogP contribution in [0, 0.1) is 12.8 Å². The molecule has 5 aliphatic rings. The number of fused-ring (bicyclic) bond motifs is 3. The van der Waals surface area contributed by atoms with Crippen LogP contribution in [-0.4, -0.2) is 75.8 Å². The minimum atomic E-state index is -1.03. The van der Waals surface area contributed by atoms with Crippen molar-refractivity contribution in [2.75, 3.05) is 13.7 Å². The maximum absolute atomic E-state index is 14.2. The number of carbonyl (C=O) groups excluding carboxylic acids is 3. The number of nitrogens with one attached hydrogen (secondary N) is 2. The fraction of sp³-hybridized carbons (Fsp3) is 0.611. The van der Waals surface area contributed by atoms with E-state index in [1.165, 1.54) is 11.9 Å². The molecular formula is C36H48N5O6S+. The van der Waals surface area contributed by atoms with Gasteiger partial charge in [0.05, 0.1) is 19.2 Å². The summed E-state index contributed by atoms with van der Waals surface area (Å²) >= 11 is 1.45. The minimum Gasteiger partial charge on any atom is -0.496 e. The van der Waals surface area contributed by atoms with Crippen LogP contribution in [0.1, 0.15) is 83.1 Å². The molecule has 48 heavy (non-hydrogen) atoms. The van der Waals surface area contributed by atoms with Crippen molar-refractivity contribution < 1.29 is 34.3 Å². The predicted octanol–water partition coefficient (Wildman–Crippen LogP) is 3.76. The zero-order valence-electron chi connectivity index (χ0n) is 28.2. The average molecular weight is 679 g/mol. The molecule has 0 radical (unpaired) electrons. The Morgan fingerprint density at radius 1 is 1.10 bits per heavy atom. The van der Waals surface area contributed by atoms with Crippen molar-refractivity contribution in [2.24, 2.45) is 5.92 Å². The number of rotatable bonds is 8. The molecule has 3 amide bonds. The van der Waals surface area contributed by atoms with E-state index in [9.17, 15) is 14.4 Å². The van der Waals surface area contributed by atoms with Crippen LogP contribution < -0.4 is 30.0 Å². The molecule has 2 aromatic rings. The molecule has 3 heterocycles. The zero-order valence-corrected chi connectivity index (χ0v) is 29.0. The van der Waals surface area contributed by atoms with Crippen LogP contribution in [0.5, 0.6) is 17.4 Å². The van der Waals surface area contributed by atoms with Crippen LogP contribution >= 0.6 is 11.9 Å². The largest absolute Gasteiger partial charge is 0.496 e. The summed E-state index contributed by atoms with van der Waals surface area (Å²) in [6.45, 7) is 4.33. The lowest BCUT2D eigenvalue weighted by atomic mass is 10.1. The number of benzene rings is 1. The van der Waals surface area contributed by atoms with Crippen molar-refractivity contribution in [1.29, 1.82) is 0 Å². The van der Waals surface area contributed by atoms with Crippen molar-refractivity contribution >= 4 is 40.6 Å². The number of methoxy groups -OCH3 is 1. The van der Waals surface area contributed by atoms with Crippen molar-refractivity contribution in [3.8, 4) is 17.4 Å². The number of carbonyl (C=O) groups is 3. The molecule has 3 saturated carbocycles. The Bertz CT molecular complexity index is 1630. The molecule has 12 heteroatoms. The lowest BCUT2D eigenvalue weighted by Crippen LogP contribution is -2.69. The Morgan fingerprint density at radius 3 is 2.67 bits per heavy atom. The molecule has 5 atom stereocenters. The standard InChI is InChI=1S/C36H47N5O6S/c1-21-28(45-3)14-13-25-29(18-30(38-31(21)25)47-23-11-12-23)46-24-17-27-32(42)39-36(34(44)40-48-35(2)15-16-35)19-22(36)9-7-5-4-6-8-10-26(37)33(43)41(27)20-24/h7,9,13-14,18,22-24,26-27H,4-6,8,10-12,15-17,19-20,37H2,1-3H3,(H,39,42)(H,40,44)/p+1/b9-7-/t22-,24-,26+,27?,36?/m1/s1. The van der Waals surface area contributed by atoms with Gasteiger partial charge < -0.3 is 30.2 Å². The van der Waals surface area contributed by atoms with Crippen LogP contribution in [-0.2, 0) is 14.4 Å². The number of aromatic nitrogens is 1. The third-order valence-electron chi connectivity index (χ3n) is 10.5. The van der Waals surface area contributed by atoms with Gasteiger partial charge in [-0.05, 0) is 89.3 Å². The first-order valence-corrected chi connectivity index (χ1v) is 18.3. The van der Waals surface area contributed by atoms with E-state index in [1.54, 1.807) is 12.0 Å². The summed E-state index contributed by atoms with van der Waals surface area (Å²) in [6, 6.07) is 4.36. The second-order valence-electron chi connectivity index (χ2n) is 14.6. The fourth-order valence-electron chi connectivity index (χ4n) is 6.92. The second-order valence-corrected chi connectivity index (χ2v) is 16.0. The van der Waals surface area contributed by atoms with Crippen molar-refractivity contribution in [2.45, 2.75) is 119 Å². The lowest BCUT2D eigenvalue weighted by molar-refractivity contribution is -0.407. The van der Waals surface area contributed by atoms with Crippen molar-refractivity contribution in [3.63, 3.8) is 0 Å². The molecule has 7 rings (SSSR count). The summed E-state index contributed by atoms with van der Waals surface area (Å²) in [5.41, 5.74) is 4.78. The number of pyridine rings is 1. The van der Waals surface area contributed by atoms with Gasteiger partial charge in [-0.1, -0.05) is 18.6 Å². The number of aryl methyl sites for hydroxylation is 1. The molecule has 5 N–H and O–H groups in total. The SMILES string of the molecule is COc1ccc2c(O[C@@H]3CC4C(=O)NC5(C(=O)NSC6(C)CC6)C[C@H]5/C=C\CCCCC[C@H]([NH3+])C(=O)N4C3)cc(OC3CC3)nc2c1C. The van der Waals surface area contributed by atoms with Crippen LogP contribution in [0.4, 0.5) is 0 Å². The summed E-state index contributed by atoms with van der Waals surface area (Å²) < 4.78 is 21.5. The molecule has 1 aromatic carbocycles. The third-order valence-corrected chi connectivity index (χ3v) is 11.7. The van der Waals surface area contributed by atoms with Gasteiger partial charge in [-0.15, -0.1) is 0 Å². The Hall–Kier alpha value is -3.51. The highest BCUT2D eigenvalue weighted by Gasteiger charge is 2.61. The maximum Gasteiger partial charge on any atom is 0.281 e. The summed E-state index contributed by atoms with van der Waals surface area (Å²) in [5.74, 6) is 1.03. The molecule has 1 aromatic heterocycles.